The second kappa shape index (κ2) is 9.03. The second-order valence-corrected chi connectivity index (χ2v) is 9.64. The van der Waals surface area contributed by atoms with Gasteiger partial charge in [-0.05, 0) is 30.3 Å². The molecule has 0 radical (unpaired) electrons. The topological polar surface area (TPSA) is 65.0 Å². The van der Waals surface area contributed by atoms with Gasteiger partial charge in [0.2, 0.25) is 5.89 Å². The SMILES string of the molecule is c1ccc(-c2cc(-c3ccccc3)nc(-c3cccc4oc5c(-c6nc7ccccc7o6)cccc5c34)n2)cc1. The van der Waals surface area contributed by atoms with E-state index in [-0.39, 0.29) is 0 Å². The van der Waals surface area contributed by atoms with Gasteiger partial charge in [-0.15, -0.1) is 0 Å². The van der Waals surface area contributed by atoms with Crippen LogP contribution in [0.1, 0.15) is 0 Å². The first-order chi connectivity index (χ1) is 19.8. The van der Waals surface area contributed by atoms with Crippen LogP contribution >= 0.6 is 0 Å². The molecule has 8 rings (SSSR count). The molecule has 0 amide bonds. The molecule has 0 atom stereocenters. The summed E-state index contributed by atoms with van der Waals surface area (Å²) < 4.78 is 12.6. The van der Waals surface area contributed by atoms with E-state index in [0.29, 0.717) is 11.7 Å². The molecule has 0 aliphatic carbocycles. The molecule has 0 saturated carbocycles. The van der Waals surface area contributed by atoms with Crippen molar-refractivity contribution in [3.63, 3.8) is 0 Å². The number of fused-ring (bicyclic) bond motifs is 4. The van der Waals surface area contributed by atoms with Crippen molar-refractivity contribution in [2.24, 2.45) is 0 Å². The van der Waals surface area contributed by atoms with Crippen molar-refractivity contribution in [2.75, 3.05) is 0 Å². The van der Waals surface area contributed by atoms with Gasteiger partial charge in [-0.1, -0.05) is 97.1 Å². The number of rotatable bonds is 4. The molecular weight excluding hydrogens is 494 g/mol. The van der Waals surface area contributed by atoms with Crippen molar-refractivity contribution in [3.05, 3.63) is 127 Å². The molecule has 0 fully saturated rings. The highest BCUT2D eigenvalue weighted by atomic mass is 16.4. The fraction of sp³-hybridized carbons (Fsp3) is 0. The van der Waals surface area contributed by atoms with Crippen LogP contribution < -0.4 is 0 Å². The smallest absolute Gasteiger partial charge is 0.231 e. The first kappa shape index (κ1) is 22.4. The average Bonchev–Trinajstić information content (AvgIpc) is 3.63. The van der Waals surface area contributed by atoms with Crippen molar-refractivity contribution in [1.82, 2.24) is 15.0 Å². The zero-order chi connectivity index (χ0) is 26.5. The maximum absolute atomic E-state index is 6.47. The largest absolute Gasteiger partial charge is 0.455 e. The van der Waals surface area contributed by atoms with E-state index in [0.717, 1.165) is 66.7 Å². The Hall–Kier alpha value is -5.55. The monoisotopic (exact) mass is 515 g/mol. The van der Waals surface area contributed by atoms with E-state index in [1.165, 1.54) is 0 Å². The summed E-state index contributed by atoms with van der Waals surface area (Å²) >= 11 is 0. The number of furan rings is 1. The van der Waals surface area contributed by atoms with Crippen LogP contribution in [0.4, 0.5) is 0 Å². The molecule has 8 aromatic rings. The lowest BCUT2D eigenvalue weighted by atomic mass is 10.0. The van der Waals surface area contributed by atoms with E-state index in [9.17, 15) is 0 Å². The Balaban J connectivity index is 1.37. The van der Waals surface area contributed by atoms with E-state index in [1.54, 1.807) is 0 Å². The molecule has 0 unspecified atom stereocenters. The van der Waals surface area contributed by atoms with Crippen molar-refractivity contribution in [1.29, 1.82) is 0 Å². The molecule has 3 aromatic heterocycles. The summed E-state index contributed by atoms with van der Waals surface area (Å²) in [4.78, 5) is 14.8. The van der Waals surface area contributed by atoms with Gasteiger partial charge in [0.15, 0.2) is 11.4 Å². The zero-order valence-electron chi connectivity index (χ0n) is 21.3. The molecule has 5 nitrogen and oxygen atoms in total. The van der Waals surface area contributed by atoms with E-state index in [4.69, 9.17) is 23.8 Å². The number of nitrogens with zero attached hydrogens (tertiary/aromatic N) is 3. The lowest BCUT2D eigenvalue weighted by Gasteiger charge is -2.10. The third-order valence-corrected chi connectivity index (χ3v) is 7.15. The van der Waals surface area contributed by atoms with Crippen LogP contribution in [0.3, 0.4) is 0 Å². The minimum absolute atomic E-state index is 0.529. The number of aromatic nitrogens is 3. The molecule has 0 bridgehead atoms. The number of benzene rings is 5. The van der Waals surface area contributed by atoms with Crippen molar-refractivity contribution in [2.45, 2.75) is 0 Å². The molecule has 0 spiro atoms. The Kier molecular flexibility index (Phi) is 5.07. The van der Waals surface area contributed by atoms with Gasteiger partial charge in [0, 0.05) is 27.5 Å². The highest BCUT2D eigenvalue weighted by Gasteiger charge is 2.20. The Morgan fingerprint density at radius 2 is 1.10 bits per heavy atom. The third kappa shape index (κ3) is 3.68. The van der Waals surface area contributed by atoms with E-state index in [2.05, 4.69) is 36.4 Å². The number of hydrogen-bond acceptors (Lipinski definition) is 5. The quantitative estimate of drug-likeness (QED) is 0.234. The van der Waals surface area contributed by atoms with Crippen molar-refractivity contribution in [3.8, 4) is 45.4 Å². The fourth-order valence-electron chi connectivity index (χ4n) is 5.27. The minimum atomic E-state index is 0.529. The maximum atomic E-state index is 6.47. The molecule has 3 heterocycles. The van der Waals surface area contributed by atoms with Crippen LogP contribution in [-0.4, -0.2) is 15.0 Å². The summed E-state index contributed by atoms with van der Waals surface area (Å²) in [6.45, 7) is 0. The predicted octanol–water partition coefficient (Wildman–Crippen LogP) is 9.19. The molecule has 0 N–H and O–H groups in total. The summed E-state index contributed by atoms with van der Waals surface area (Å²) in [6, 6.07) is 42.3. The van der Waals surface area contributed by atoms with Gasteiger partial charge in [0.05, 0.1) is 17.0 Å². The second-order valence-electron chi connectivity index (χ2n) is 9.64. The highest BCUT2D eigenvalue weighted by Crippen LogP contribution is 2.40. The predicted molar refractivity (Wildman–Crippen MR) is 159 cm³/mol. The number of para-hydroxylation sites is 3. The first-order valence-electron chi connectivity index (χ1n) is 13.1. The summed E-state index contributed by atoms with van der Waals surface area (Å²) in [5, 5.41) is 1.92. The zero-order valence-corrected chi connectivity index (χ0v) is 21.3. The van der Waals surface area contributed by atoms with Crippen LogP contribution in [-0.2, 0) is 0 Å². The molecule has 0 saturated heterocycles. The number of oxazole rings is 1. The highest BCUT2D eigenvalue weighted by molar-refractivity contribution is 6.14. The molecule has 40 heavy (non-hydrogen) atoms. The Morgan fingerprint density at radius 3 is 1.82 bits per heavy atom. The summed E-state index contributed by atoms with van der Waals surface area (Å²) in [5.74, 6) is 1.17. The van der Waals surface area contributed by atoms with Crippen LogP contribution in [0.25, 0.3) is 78.4 Å². The summed E-state index contributed by atoms with van der Waals surface area (Å²) in [6.07, 6.45) is 0. The first-order valence-corrected chi connectivity index (χ1v) is 13.1. The summed E-state index contributed by atoms with van der Waals surface area (Å²) in [7, 11) is 0. The van der Waals surface area contributed by atoms with Gasteiger partial charge >= 0.3 is 0 Å². The van der Waals surface area contributed by atoms with Crippen molar-refractivity contribution >= 4 is 33.0 Å². The number of hydrogen-bond donors (Lipinski definition) is 0. The maximum Gasteiger partial charge on any atom is 0.231 e. The van der Waals surface area contributed by atoms with Crippen LogP contribution in [0.15, 0.2) is 136 Å². The lowest BCUT2D eigenvalue weighted by Crippen LogP contribution is -1.96. The summed E-state index contributed by atoms with van der Waals surface area (Å²) in [5.41, 5.74) is 8.53. The third-order valence-electron chi connectivity index (χ3n) is 7.15. The standard InChI is InChI=1S/C35H21N3O2/c1-3-11-22(12-4-1)28-21-29(23-13-5-2-6-14-23)37-34(36-28)25-16-10-20-31-32(25)24-15-9-17-26(33(24)39-31)35-38-27-18-7-8-19-30(27)40-35/h1-21H. The lowest BCUT2D eigenvalue weighted by molar-refractivity contribution is 0.615. The Bertz CT molecular complexity index is 2070. The normalized spacial score (nSPS) is 11.5. The minimum Gasteiger partial charge on any atom is -0.455 e. The van der Waals surface area contributed by atoms with Gasteiger partial charge < -0.3 is 8.83 Å². The molecule has 0 aliphatic rings. The van der Waals surface area contributed by atoms with Gasteiger partial charge in [-0.2, -0.15) is 0 Å². The van der Waals surface area contributed by atoms with Gasteiger partial charge in [0.1, 0.15) is 16.7 Å². The molecular formula is C35H21N3O2. The van der Waals surface area contributed by atoms with Gasteiger partial charge in [-0.3, -0.25) is 0 Å². The molecule has 5 heteroatoms. The van der Waals surface area contributed by atoms with Gasteiger partial charge in [0.25, 0.3) is 0 Å². The fourth-order valence-corrected chi connectivity index (χ4v) is 5.27. The molecule has 188 valence electrons. The molecule has 5 aromatic carbocycles. The van der Waals surface area contributed by atoms with Crippen LogP contribution in [0.5, 0.6) is 0 Å². The van der Waals surface area contributed by atoms with Crippen LogP contribution in [0, 0.1) is 0 Å². The average molecular weight is 516 g/mol. The van der Waals surface area contributed by atoms with E-state index >= 15 is 0 Å². The van der Waals surface area contributed by atoms with Crippen LogP contribution in [0.2, 0.25) is 0 Å². The van der Waals surface area contributed by atoms with Gasteiger partial charge in [-0.25, -0.2) is 15.0 Å². The Labute approximate surface area is 229 Å². The van der Waals surface area contributed by atoms with E-state index in [1.807, 2.05) is 91.0 Å². The van der Waals surface area contributed by atoms with Crippen molar-refractivity contribution < 1.29 is 8.83 Å². The van der Waals surface area contributed by atoms with E-state index < -0.39 is 0 Å². The molecule has 0 aliphatic heterocycles. The Morgan fingerprint density at radius 1 is 0.475 bits per heavy atom.